The number of hydrogen-bond donors (Lipinski definition) is 2. The lowest BCUT2D eigenvalue weighted by molar-refractivity contribution is -0.149. The Balaban J connectivity index is 2.70. The van der Waals surface area contributed by atoms with Crippen molar-refractivity contribution in [1.29, 1.82) is 5.53 Å². The van der Waals surface area contributed by atoms with Crippen molar-refractivity contribution in [3.63, 3.8) is 0 Å². The van der Waals surface area contributed by atoms with Gasteiger partial charge < -0.3 is 14.7 Å². The summed E-state index contributed by atoms with van der Waals surface area (Å²) in [5.74, 6) is -0.445. The Bertz CT molecular complexity index is 339. The second kappa shape index (κ2) is 5.22. The fourth-order valence-corrected chi connectivity index (χ4v) is 1.62. The molecule has 0 bridgehead atoms. The minimum absolute atomic E-state index is 0.0929. The molecular formula is C8H13N4O4+. The normalized spacial score (nSPS) is 24.4. The molecule has 2 atom stereocenters. The Hall–Kier alpha value is -1.95. The number of carbonyl (C=O) groups excluding carboxylic acids is 1. The molecule has 0 aromatic carbocycles. The first-order valence-electron chi connectivity index (χ1n) is 4.76. The van der Waals surface area contributed by atoms with Gasteiger partial charge in [0.05, 0.1) is 6.54 Å². The maximum absolute atomic E-state index is 10.8. The molecule has 8 nitrogen and oxygen atoms in total. The fraction of sp³-hybridized carbons (Fsp3) is 0.750. The lowest BCUT2D eigenvalue weighted by Gasteiger charge is -2.31. The third kappa shape index (κ3) is 3.03. The highest BCUT2D eigenvalue weighted by Gasteiger charge is 2.36. The van der Waals surface area contributed by atoms with E-state index in [0.29, 0.717) is 6.42 Å². The van der Waals surface area contributed by atoms with Gasteiger partial charge >= 0.3 is 12.1 Å². The quantitative estimate of drug-likeness (QED) is 0.400. The first-order chi connectivity index (χ1) is 7.54. The Labute approximate surface area is 91.4 Å². The van der Waals surface area contributed by atoms with Gasteiger partial charge in [-0.2, -0.15) is 0 Å². The van der Waals surface area contributed by atoms with Gasteiger partial charge in [-0.1, -0.05) is 0 Å². The third-order valence-corrected chi connectivity index (χ3v) is 2.31. The summed E-state index contributed by atoms with van der Waals surface area (Å²) < 4.78 is 4.99. The van der Waals surface area contributed by atoms with E-state index in [4.69, 9.17) is 15.4 Å². The van der Waals surface area contributed by atoms with Crippen molar-refractivity contribution in [2.24, 2.45) is 5.11 Å². The predicted molar refractivity (Wildman–Crippen MR) is 50.8 cm³/mol. The van der Waals surface area contributed by atoms with Crippen LogP contribution < -0.4 is 4.91 Å². The largest absolute Gasteiger partial charge is 0.465 e. The van der Waals surface area contributed by atoms with Crippen LogP contribution in [-0.2, 0) is 9.53 Å². The Morgan fingerprint density at radius 2 is 2.31 bits per heavy atom. The zero-order valence-corrected chi connectivity index (χ0v) is 8.79. The molecule has 1 aliphatic heterocycles. The van der Waals surface area contributed by atoms with E-state index in [1.165, 1.54) is 11.8 Å². The van der Waals surface area contributed by atoms with Crippen molar-refractivity contribution in [2.75, 3.05) is 13.1 Å². The van der Waals surface area contributed by atoms with Gasteiger partial charge in [0, 0.05) is 19.9 Å². The SMILES string of the molecule is CC(=O)OC1CCN(C(=O)O)CC1N=[N+]=N. The van der Waals surface area contributed by atoms with Crippen molar-refractivity contribution in [2.45, 2.75) is 25.5 Å². The molecule has 0 spiro atoms. The number of nitrogens with zero attached hydrogens (tertiary/aromatic N) is 3. The molecular weight excluding hydrogens is 216 g/mol. The van der Waals surface area contributed by atoms with Crippen LogP contribution in [0.3, 0.4) is 0 Å². The van der Waals surface area contributed by atoms with Gasteiger partial charge in [-0.25, -0.2) is 4.79 Å². The summed E-state index contributed by atoms with van der Waals surface area (Å²) in [4.78, 5) is 25.6. The second-order valence-corrected chi connectivity index (χ2v) is 3.45. The van der Waals surface area contributed by atoms with Crippen molar-refractivity contribution in [1.82, 2.24) is 9.81 Å². The van der Waals surface area contributed by atoms with Gasteiger partial charge in [-0.05, 0) is 0 Å². The Morgan fingerprint density at radius 3 is 2.81 bits per heavy atom. The number of nitrogens with one attached hydrogen (secondary N) is 1. The molecule has 1 amide bonds. The number of amides is 1. The van der Waals surface area contributed by atoms with Gasteiger partial charge in [0.2, 0.25) is 4.91 Å². The number of ether oxygens (including phenoxy) is 1. The first-order valence-corrected chi connectivity index (χ1v) is 4.76. The predicted octanol–water partition coefficient (Wildman–Crippen LogP) is 0.221. The Morgan fingerprint density at radius 1 is 1.62 bits per heavy atom. The second-order valence-electron chi connectivity index (χ2n) is 3.45. The van der Waals surface area contributed by atoms with Gasteiger partial charge in [0.25, 0.3) is 0 Å². The summed E-state index contributed by atoms with van der Waals surface area (Å²) in [7, 11) is 0. The summed E-state index contributed by atoms with van der Waals surface area (Å²) in [6.07, 6.45) is -1.18. The van der Waals surface area contributed by atoms with E-state index < -0.39 is 24.2 Å². The van der Waals surface area contributed by atoms with Crippen LogP contribution in [0.4, 0.5) is 4.79 Å². The zero-order chi connectivity index (χ0) is 12.1. The number of hydrogen-bond acceptors (Lipinski definition) is 5. The summed E-state index contributed by atoms with van der Waals surface area (Å²) in [5.41, 5.74) is 6.64. The number of likely N-dealkylation sites (tertiary alicyclic amines) is 1. The van der Waals surface area contributed by atoms with Crippen molar-refractivity contribution >= 4 is 12.1 Å². The molecule has 0 saturated carbocycles. The number of carbonyl (C=O) groups is 2. The first kappa shape index (κ1) is 12.1. The van der Waals surface area contributed by atoms with Crippen molar-refractivity contribution in [3.05, 3.63) is 0 Å². The van der Waals surface area contributed by atoms with Crippen LogP contribution in [0.5, 0.6) is 0 Å². The molecule has 2 unspecified atom stereocenters. The average Bonchev–Trinajstić information content (AvgIpc) is 2.20. The fourth-order valence-electron chi connectivity index (χ4n) is 1.62. The number of rotatable bonds is 2. The van der Waals surface area contributed by atoms with E-state index >= 15 is 0 Å². The smallest absolute Gasteiger partial charge is 0.407 e. The molecule has 8 heteroatoms. The van der Waals surface area contributed by atoms with Crippen LogP contribution in [0.15, 0.2) is 5.11 Å². The van der Waals surface area contributed by atoms with Crippen molar-refractivity contribution in [3.8, 4) is 0 Å². The highest BCUT2D eigenvalue weighted by atomic mass is 16.5. The van der Waals surface area contributed by atoms with Crippen molar-refractivity contribution < 1.29 is 19.4 Å². The standard InChI is InChI=1S/C8H12N4O4/c1-5(13)16-7-2-3-12(8(14)15)4-6(7)10-11-9/h6-7,9H,2-4H2,1H3/p+1. The van der Waals surface area contributed by atoms with Gasteiger partial charge in [-0.3, -0.25) is 4.79 Å². The van der Waals surface area contributed by atoms with Gasteiger partial charge in [-0.15, -0.1) is 0 Å². The summed E-state index contributed by atoms with van der Waals surface area (Å²) >= 11 is 0. The van der Waals surface area contributed by atoms with E-state index in [2.05, 4.69) is 10.0 Å². The highest BCUT2D eigenvalue weighted by molar-refractivity contribution is 5.67. The summed E-state index contributed by atoms with van der Waals surface area (Å²) in [5, 5.41) is 12.4. The molecule has 0 aliphatic carbocycles. The molecule has 0 aromatic rings. The highest BCUT2D eigenvalue weighted by Crippen LogP contribution is 2.17. The topological polar surface area (TPSA) is 117 Å². The van der Waals surface area contributed by atoms with Crippen LogP contribution in [0.25, 0.3) is 0 Å². The molecule has 2 N–H and O–H groups in total. The van der Waals surface area contributed by atoms with Crippen LogP contribution in [0.2, 0.25) is 0 Å². The summed E-state index contributed by atoms with van der Waals surface area (Å²) in [6, 6.07) is -0.591. The lowest BCUT2D eigenvalue weighted by atomic mass is 10.0. The van der Waals surface area contributed by atoms with E-state index in [9.17, 15) is 9.59 Å². The van der Waals surface area contributed by atoms with Crippen LogP contribution in [-0.4, -0.2) is 47.3 Å². The number of esters is 1. The monoisotopic (exact) mass is 229 g/mol. The molecule has 1 fully saturated rings. The van der Waals surface area contributed by atoms with E-state index in [0.717, 1.165) is 0 Å². The minimum Gasteiger partial charge on any atom is -0.465 e. The maximum Gasteiger partial charge on any atom is 0.407 e. The molecule has 0 radical (unpaired) electrons. The number of carboxylic acid groups (broad SMARTS) is 1. The van der Waals surface area contributed by atoms with Crippen LogP contribution >= 0.6 is 0 Å². The molecule has 1 aliphatic rings. The molecule has 88 valence electrons. The van der Waals surface area contributed by atoms with E-state index in [1.54, 1.807) is 0 Å². The minimum atomic E-state index is -1.05. The molecule has 0 aromatic heterocycles. The van der Waals surface area contributed by atoms with Crippen LogP contribution in [0, 0.1) is 5.53 Å². The molecule has 1 saturated heterocycles. The molecule has 1 heterocycles. The lowest BCUT2D eigenvalue weighted by Crippen LogP contribution is -2.49. The average molecular weight is 229 g/mol. The van der Waals surface area contributed by atoms with Gasteiger partial charge in [0.1, 0.15) is 16.7 Å². The van der Waals surface area contributed by atoms with E-state index in [1.807, 2.05) is 0 Å². The van der Waals surface area contributed by atoms with E-state index in [-0.39, 0.29) is 13.1 Å². The van der Waals surface area contributed by atoms with Crippen LogP contribution in [0.1, 0.15) is 13.3 Å². The maximum atomic E-state index is 10.8. The zero-order valence-electron chi connectivity index (χ0n) is 8.79. The molecule has 1 rings (SSSR count). The Kier molecular flexibility index (Phi) is 3.96. The summed E-state index contributed by atoms with van der Waals surface area (Å²) in [6.45, 7) is 1.66. The number of piperidine rings is 1. The van der Waals surface area contributed by atoms with Gasteiger partial charge in [0.15, 0.2) is 6.04 Å². The molecule has 16 heavy (non-hydrogen) atoms. The third-order valence-electron chi connectivity index (χ3n) is 2.31.